The Hall–Kier alpha value is -2.30. The summed E-state index contributed by atoms with van der Waals surface area (Å²) in [5.41, 5.74) is 2.40. The molecule has 204 valence electrons. The number of hydrogen-bond donors (Lipinski definition) is 1. The lowest BCUT2D eigenvalue weighted by molar-refractivity contribution is 0.209. The van der Waals surface area contributed by atoms with E-state index in [9.17, 15) is 21.6 Å². The van der Waals surface area contributed by atoms with Crippen molar-refractivity contribution in [2.75, 3.05) is 13.1 Å². The van der Waals surface area contributed by atoms with Gasteiger partial charge < -0.3 is 0 Å². The highest BCUT2D eigenvalue weighted by Gasteiger charge is 2.28. The summed E-state index contributed by atoms with van der Waals surface area (Å²) in [5.74, 6) is -1.72. The molecule has 2 rings (SSSR count). The second-order valence-electron chi connectivity index (χ2n) is 10.3. The van der Waals surface area contributed by atoms with Gasteiger partial charge in [-0.05, 0) is 72.9 Å². The van der Waals surface area contributed by atoms with Crippen LogP contribution in [0.5, 0.6) is 0 Å². The van der Waals surface area contributed by atoms with Crippen LogP contribution in [0.2, 0.25) is 0 Å². The highest BCUT2D eigenvalue weighted by molar-refractivity contribution is 7.89. The van der Waals surface area contributed by atoms with Crippen molar-refractivity contribution in [2.24, 2.45) is 21.7 Å². The van der Waals surface area contributed by atoms with Crippen molar-refractivity contribution < 1.29 is 21.6 Å². The van der Waals surface area contributed by atoms with Crippen LogP contribution in [-0.4, -0.2) is 25.8 Å². The number of benzene rings is 2. The van der Waals surface area contributed by atoms with Crippen molar-refractivity contribution in [3.63, 3.8) is 0 Å². The maximum atomic E-state index is 14.4. The molecule has 2 aromatic rings. The second kappa shape index (κ2) is 13.5. The molecule has 0 saturated heterocycles. The van der Waals surface area contributed by atoms with Crippen molar-refractivity contribution >= 4 is 28.1 Å². The standard InChI is InChI=1S/C27H36F3N3O2S2/c1-6-33(37(34,35)22-15-13-21(28)14-16-22)18-19(2)10-11-20(27(3,4)5)12-17-25(31-32-36)26-23(29)8-7-9-24(26)30/h7-9,13-17,19-20H,6,10-12,18H2,1-5H3,(H,31,36)/b25-17-/t19?,20-/m0/s1. The maximum Gasteiger partial charge on any atom is 0.243 e. The minimum atomic E-state index is -3.74. The van der Waals surface area contributed by atoms with E-state index in [1.165, 1.54) is 34.6 Å². The number of halogens is 3. The molecule has 0 aliphatic carbocycles. The zero-order valence-corrected chi connectivity index (χ0v) is 23.6. The monoisotopic (exact) mass is 555 g/mol. The first-order valence-electron chi connectivity index (χ1n) is 12.3. The first-order valence-corrected chi connectivity index (χ1v) is 14.1. The van der Waals surface area contributed by atoms with Gasteiger partial charge in [0.2, 0.25) is 10.0 Å². The number of allylic oxidation sites excluding steroid dienone is 1. The molecule has 1 unspecified atom stereocenters. The van der Waals surface area contributed by atoms with E-state index in [-0.39, 0.29) is 33.4 Å². The third-order valence-electron chi connectivity index (χ3n) is 6.56. The Morgan fingerprint density at radius 1 is 1.08 bits per heavy atom. The van der Waals surface area contributed by atoms with E-state index in [1.54, 1.807) is 13.0 Å². The molecule has 0 heterocycles. The van der Waals surface area contributed by atoms with Gasteiger partial charge in [-0.1, -0.05) is 46.8 Å². The van der Waals surface area contributed by atoms with Crippen molar-refractivity contribution in [2.45, 2.75) is 58.8 Å². The lowest BCUT2D eigenvalue weighted by Crippen LogP contribution is -2.35. The molecule has 2 aromatic carbocycles. The molecule has 0 aliphatic rings. The molecule has 0 aromatic heterocycles. The van der Waals surface area contributed by atoms with Crippen LogP contribution in [0, 0.1) is 34.7 Å². The quantitative estimate of drug-likeness (QED) is 0.274. The minimum Gasteiger partial charge on any atom is -0.267 e. The molecule has 0 amide bonds. The maximum absolute atomic E-state index is 14.4. The van der Waals surface area contributed by atoms with E-state index < -0.39 is 27.5 Å². The highest BCUT2D eigenvalue weighted by atomic mass is 32.2. The van der Waals surface area contributed by atoms with E-state index >= 15 is 0 Å². The van der Waals surface area contributed by atoms with Gasteiger partial charge in [-0.3, -0.25) is 5.43 Å². The molecule has 37 heavy (non-hydrogen) atoms. The average molecular weight is 556 g/mol. The van der Waals surface area contributed by atoms with E-state index in [0.29, 0.717) is 19.5 Å². The molecule has 0 spiro atoms. The van der Waals surface area contributed by atoms with E-state index in [1.807, 2.05) is 6.92 Å². The normalized spacial score (nSPS) is 14.5. The van der Waals surface area contributed by atoms with Gasteiger partial charge in [0.1, 0.15) is 17.5 Å². The summed E-state index contributed by atoms with van der Waals surface area (Å²) in [6.45, 7) is 10.7. The third kappa shape index (κ3) is 8.61. The fourth-order valence-corrected chi connectivity index (χ4v) is 5.92. The van der Waals surface area contributed by atoms with Crippen LogP contribution in [0.4, 0.5) is 13.2 Å². The summed E-state index contributed by atoms with van der Waals surface area (Å²) >= 11 is 4.63. The smallest absolute Gasteiger partial charge is 0.243 e. The predicted molar refractivity (Wildman–Crippen MR) is 144 cm³/mol. The first kappa shape index (κ1) is 30.9. The number of nitrogens with zero attached hydrogens (tertiary/aromatic N) is 2. The van der Waals surface area contributed by atoms with Gasteiger partial charge in [0, 0.05) is 13.1 Å². The molecule has 0 radical (unpaired) electrons. The summed E-state index contributed by atoms with van der Waals surface area (Å²) in [5, 5.41) is 0. The largest absolute Gasteiger partial charge is 0.267 e. The average Bonchev–Trinajstić information content (AvgIpc) is 2.81. The lowest BCUT2D eigenvalue weighted by atomic mass is 9.75. The highest BCUT2D eigenvalue weighted by Crippen LogP contribution is 2.35. The zero-order valence-electron chi connectivity index (χ0n) is 22.0. The number of nitrogens with one attached hydrogen (secondary N) is 1. The van der Waals surface area contributed by atoms with Gasteiger partial charge >= 0.3 is 0 Å². The molecule has 1 N–H and O–H groups in total. The number of sulfonamides is 1. The summed E-state index contributed by atoms with van der Waals surface area (Å²) in [7, 11) is -3.74. The molecule has 2 atom stereocenters. The van der Waals surface area contributed by atoms with Crippen molar-refractivity contribution in [1.29, 1.82) is 0 Å². The summed E-state index contributed by atoms with van der Waals surface area (Å²) in [4.78, 5) is 0.0632. The van der Waals surface area contributed by atoms with E-state index in [4.69, 9.17) is 0 Å². The Morgan fingerprint density at radius 2 is 1.68 bits per heavy atom. The van der Waals surface area contributed by atoms with Crippen molar-refractivity contribution in [3.05, 3.63) is 71.6 Å². The molecule has 5 nitrogen and oxygen atoms in total. The predicted octanol–water partition coefficient (Wildman–Crippen LogP) is 6.86. The molecule has 0 saturated carbocycles. The fourth-order valence-electron chi connectivity index (χ4n) is 4.25. The Morgan fingerprint density at radius 3 is 2.19 bits per heavy atom. The van der Waals surface area contributed by atoms with Crippen molar-refractivity contribution in [1.82, 2.24) is 9.73 Å². The van der Waals surface area contributed by atoms with Gasteiger partial charge in [0.25, 0.3) is 0 Å². The van der Waals surface area contributed by atoms with Crippen LogP contribution in [0.25, 0.3) is 5.70 Å². The lowest BCUT2D eigenvalue weighted by Gasteiger charge is -2.32. The summed E-state index contributed by atoms with van der Waals surface area (Å²) in [6, 6.07) is 8.49. The Kier molecular flexibility index (Phi) is 11.3. The summed E-state index contributed by atoms with van der Waals surface area (Å²) < 4.78 is 72.9. The Labute approximate surface area is 224 Å². The Balaban J connectivity index is 2.15. The van der Waals surface area contributed by atoms with Crippen LogP contribution < -0.4 is 5.43 Å². The molecular weight excluding hydrogens is 519 g/mol. The summed E-state index contributed by atoms with van der Waals surface area (Å²) in [6.07, 6.45) is 3.75. The molecule has 0 aliphatic heterocycles. The molecule has 0 bridgehead atoms. The topological polar surface area (TPSA) is 61.8 Å². The van der Waals surface area contributed by atoms with Crippen LogP contribution in [0.15, 0.2) is 57.9 Å². The second-order valence-corrected chi connectivity index (χ2v) is 12.4. The minimum absolute atomic E-state index is 0.0493. The van der Waals surface area contributed by atoms with Crippen LogP contribution in [0.3, 0.4) is 0 Å². The van der Waals surface area contributed by atoms with Gasteiger partial charge in [-0.2, -0.15) is 4.31 Å². The number of hydrogen-bond acceptors (Lipinski definition) is 4. The Bertz CT molecular complexity index is 1160. The van der Waals surface area contributed by atoms with Crippen molar-refractivity contribution in [3.8, 4) is 0 Å². The zero-order chi connectivity index (χ0) is 27.8. The van der Waals surface area contributed by atoms with E-state index in [0.717, 1.165) is 25.0 Å². The fraction of sp³-hybridized carbons (Fsp3) is 0.481. The van der Waals surface area contributed by atoms with Gasteiger partial charge in [-0.15, -0.1) is 4.47 Å². The van der Waals surface area contributed by atoms with E-state index in [2.05, 4.69) is 43.1 Å². The van der Waals surface area contributed by atoms with Crippen LogP contribution >= 0.6 is 0 Å². The van der Waals surface area contributed by atoms with Gasteiger partial charge in [0.05, 0.1) is 28.6 Å². The SMILES string of the molecule is CCN(CC(C)CC[C@@H](C/C=C(\NN=S)c1c(F)cccc1F)C(C)(C)C)S(=O)(=O)c1ccc(F)cc1. The molecule has 0 fully saturated rings. The van der Waals surface area contributed by atoms with Crippen LogP contribution in [0.1, 0.15) is 59.4 Å². The third-order valence-corrected chi connectivity index (χ3v) is 8.60. The van der Waals surface area contributed by atoms with Gasteiger partial charge in [0.15, 0.2) is 0 Å². The first-order chi connectivity index (χ1) is 17.3. The molecule has 10 heteroatoms. The number of rotatable bonds is 13. The van der Waals surface area contributed by atoms with Gasteiger partial charge in [-0.25, -0.2) is 21.6 Å². The molecular formula is C27H36F3N3O2S2. The van der Waals surface area contributed by atoms with Crippen LogP contribution in [-0.2, 0) is 22.4 Å².